The topological polar surface area (TPSA) is 72.7 Å². The van der Waals surface area contributed by atoms with Crippen LogP contribution in [0, 0.1) is 6.92 Å². The van der Waals surface area contributed by atoms with Gasteiger partial charge < -0.3 is 5.32 Å². The van der Waals surface area contributed by atoms with Gasteiger partial charge in [-0.05, 0) is 23.3 Å². The number of benzene rings is 2. The number of nitrogens with zero attached hydrogens (tertiary/aromatic N) is 4. The molecule has 0 aliphatic carbocycles. The van der Waals surface area contributed by atoms with Gasteiger partial charge in [0.05, 0.1) is 6.42 Å². The van der Waals surface area contributed by atoms with E-state index in [0.717, 1.165) is 22.2 Å². The van der Waals surface area contributed by atoms with Crippen molar-refractivity contribution in [3.8, 4) is 5.82 Å². The fourth-order valence-electron chi connectivity index (χ4n) is 2.97. The number of anilines is 1. The normalized spacial score (nSPS) is 10.8. The van der Waals surface area contributed by atoms with Crippen molar-refractivity contribution in [1.82, 2.24) is 19.5 Å². The first kappa shape index (κ1) is 16.0. The standard InChI is InChI=1S/C20H17N5O/c1-14-21-9-10-25(14)19-12-18(22-13-23-19)24-20(26)11-16-7-4-6-15-5-2-3-8-17(15)16/h2-10,12-13H,11H2,1H3,(H,22,23,24,26). The smallest absolute Gasteiger partial charge is 0.229 e. The Hall–Kier alpha value is -3.54. The van der Waals surface area contributed by atoms with Crippen LogP contribution in [0.2, 0.25) is 0 Å². The molecule has 0 saturated carbocycles. The van der Waals surface area contributed by atoms with Crippen LogP contribution in [0.25, 0.3) is 16.6 Å². The number of aromatic nitrogens is 4. The molecule has 6 heteroatoms. The monoisotopic (exact) mass is 343 g/mol. The third-order valence-electron chi connectivity index (χ3n) is 4.22. The minimum absolute atomic E-state index is 0.117. The summed E-state index contributed by atoms with van der Waals surface area (Å²) < 4.78 is 1.84. The molecule has 0 unspecified atom stereocenters. The number of amides is 1. The summed E-state index contributed by atoms with van der Waals surface area (Å²) in [6.45, 7) is 1.89. The average Bonchev–Trinajstić information content (AvgIpc) is 3.08. The molecule has 0 saturated heterocycles. The lowest BCUT2D eigenvalue weighted by Crippen LogP contribution is -2.16. The third-order valence-corrected chi connectivity index (χ3v) is 4.22. The third kappa shape index (κ3) is 3.17. The zero-order valence-corrected chi connectivity index (χ0v) is 14.3. The highest BCUT2D eigenvalue weighted by Gasteiger charge is 2.10. The van der Waals surface area contributed by atoms with E-state index in [1.54, 1.807) is 12.3 Å². The highest BCUT2D eigenvalue weighted by Crippen LogP contribution is 2.19. The molecular weight excluding hydrogens is 326 g/mol. The first-order valence-corrected chi connectivity index (χ1v) is 8.29. The van der Waals surface area contributed by atoms with Crippen LogP contribution in [0.4, 0.5) is 5.82 Å². The number of carbonyl (C=O) groups is 1. The Balaban J connectivity index is 1.54. The van der Waals surface area contributed by atoms with Gasteiger partial charge in [-0.1, -0.05) is 42.5 Å². The second-order valence-electron chi connectivity index (χ2n) is 5.97. The van der Waals surface area contributed by atoms with Crippen molar-refractivity contribution in [2.75, 3.05) is 5.32 Å². The minimum Gasteiger partial charge on any atom is -0.310 e. The molecule has 0 aliphatic rings. The van der Waals surface area contributed by atoms with Crippen LogP contribution in [-0.4, -0.2) is 25.4 Å². The van der Waals surface area contributed by atoms with Crippen molar-refractivity contribution in [3.63, 3.8) is 0 Å². The van der Waals surface area contributed by atoms with Crippen LogP contribution in [0.5, 0.6) is 0 Å². The maximum Gasteiger partial charge on any atom is 0.229 e. The highest BCUT2D eigenvalue weighted by molar-refractivity contribution is 5.95. The lowest BCUT2D eigenvalue weighted by Gasteiger charge is -2.09. The Labute approximate surface area is 150 Å². The van der Waals surface area contributed by atoms with E-state index in [9.17, 15) is 4.79 Å². The van der Waals surface area contributed by atoms with Gasteiger partial charge in [-0.3, -0.25) is 9.36 Å². The summed E-state index contributed by atoms with van der Waals surface area (Å²) in [7, 11) is 0. The molecule has 2 heterocycles. The molecule has 0 atom stereocenters. The lowest BCUT2D eigenvalue weighted by molar-refractivity contribution is -0.115. The molecule has 128 valence electrons. The maximum absolute atomic E-state index is 12.5. The van der Waals surface area contributed by atoms with Crippen molar-refractivity contribution < 1.29 is 4.79 Å². The first-order chi connectivity index (χ1) is 12.7. The number of rotatable bonds is 4. The molecule has 1 amide bonds. The molecule has 2 aromatic carbocycles. The fourth-order valence-corrected chi connectivity index (χ4v) is 2.97. The lowest BCUT2D eigenvalue weighted by atomic mass is 10.0. The number of imidazole rings is 1. The van der Waals surface area contributed by atoms with Crippen molar-refractivity contribution in [1.29, 1.82) is 0 Å². The average molecular weight is 343 g/mol. The van der Waals surface area contributed by atoms with E-state index < -0.39 is 0 Å². The minimum atomic E-state index is -0.117. The van der Waals surface area contributed by atoms with E-state index in [1.165, 1.54) is 6.33 Å². The second kappa shape index (κ2) is 6.76. The SMILES string of the molecule is Cc1nccn1-c1cc(NC(=O)Cc2cccc3ccccc23)ncn1. The Kier molecular flexibility index (Phi) is 4.15. The maximum atomic E-state index is 12.5. The molecule has 0 aliphatic heterocycles. The molecule has 0 radical (unpaired) electrons. The summed E-state index contributed by atoms with van der Waals surface area (Å²) in [5.74, 6) is 1.83. The van der Waals surface area contributed by atoms with Crippen molar-refractivity contribution in [2.45, 2.75) is 13.3 Å². The van der Waals surface area contributed by atoms with Crippen LogP contribution < -0.4 is 5.32 Å². The Bertz CT molecular complexity index is 1080. The summed E-state index contributed by atoms with van der Waals surface area (Å²) in [6.07, 6.45) is 5.24. The molecule has 6 nitrogen and oxygen atoms in total. The van der Waals surface area contributed by atoms with E-state index in [2.05, 4.69) is 20.3 Å². The molecule has 1 N–H and O–H groups in total. The van der Waals surface area contributed by atoms with Crippen LogP contribution in [-0.2, 0) is 11.2 Å². The van der Waals surface area contributed by atoms with Crippen molar-refractivity contribution >= 4 is 22.5 Å². The zero-order valence-electron chi connectivity index (χ0n) is 14.3. The van der Waals surface area contributed by atoms with Crippen LogP contribution in [0.15, 0.2) is 67.3 Å². The summed E-state index contributed by atoms with van der Waals surface area (Å²) >= 11 is 0. The molecule has 2 aromatic heterocycles. The van der Waals surface area contributed by atoms with E-state index in [0.29, 0.717) is 11.6 Å². The Morgan fingerprint density at radius 3 is 2.77 bits per heavy atom. The molecule has 4 rings (SSSR count). The number of fused-ring (bicyclic) bond motifs is 1. The van der Waals surface area contributed by atoms with Crippen molar-refractivity contribution in [3.05, 3.63) is 78.6 Å². The van der Waals surface area contributed by atoms with Gasteiger partial charge in [0.25, 0.3) is 0 Å². The number of nitrogens with one attached hydrogen (secondary N) is 1. The second-order valence-corrected chi connectivity index (χ2v) is 5.97. The van der Waals surface area contributed by atoms with E-state index in [4.69, 9.17) is 0 Å². The number of carbonyl (C=O) groups excluding carboxylic acids is 1. The molecule has 0 fully saturated rings. The molecule has 26 heavy (non-hydrogen) atoms. The summed E-state index contributed by atoms with van der Waals surface area (Å²) in [5.41, 5.74) is 0.986. The van der Waals surface area contributed by atoms with Gasteiger partial charge in [-0.15, -0.1) is 0 Å². The van der Waals surface area contributed by atoms with Crippen LogP contribution >= 0.6 is 0 Å². The zero-order chi connectivity index (χ0) is 17.9. The molecule has 0 bridgehead atoms. The highest BCUT2D eigenvalue weighted by atomic mass is 16.1. The summed E-state index contributed by atoms with van der Waals surface area (Å²) in [5, 5.41) is 5.06. The van der Waals surface area contributed by atoms with Gasteiger partial charge in [0.2, 0.25) is 5.91 Å². The van der Waals surface area contributed by atoms with Gasteiger partial charge in [0.1, 0.15) is 23.8 Å². The van der Waals surface area contributed by atoms with Crippen LogP contribution in [0.3, 0.4) is 0 Å². The van der Waals surface area contributed by atoms with E-state index >= 15 is 0 Å². The van der Waals surface area contributed by atoms with Gasteiger partial charge >= 0.3 is 0 Å². The molecular formula is C20H17N5O. The summed E-state index contributed by atoms with van der Waals surface area (Å²) in [4.78, 5) is 25.1. The predicted octanol–water partition coefficient (Wildman–Crippen LogP) is 3.31. The van der Waals surface area contributed by atoms with Gasteiger partial charge in [0, 0.05) is 18.5 Å². The number of aryl methyl sites for hydroxylation is 1. The Morgan fingerprint density at radius 2 is 1.92 bits per heavy atom. The quantitative estimate of drug-likeness (QED) is 0.617. The molecule has 0 spiro atoms. The van der Waals surface area contributed by atoms with Gasteiger partial charge in [0.15, 0.2) is 0 Å². The van der Waals surface area contributed by atoms with Gasteiger partial charge in [-0.2, -0.15) is 0 Å². The van der Waals surface area contributed by atoms with Gasteiger partial charge in [-0.25, -0.2) is 15.0 Å². The molecule has 4 aromatic rings. The number of hydrogen-bond donors (Lipinski definition) is 1. The fraction of sp³-hybridized carbons (Fsp3) is 0.100. The summed E-state index contributed by atoms with van der Waals surface area (Å²) in [6, 6.07) is 15.8. The number of hydrogen-bond acceptors (Lipinski definition) is 4. The predicted molar refractivity (Wildman–Crippen MR) is 100 cm³/mol. The van der Waals surface area contributed by atoms with E-state index in [-0.39, 0.29) is 12.3 Å². The van der Waals surface area contributed by atoms with E-state index in [1.807, 2.05) is 60.2 Å². The van der Waals surface area contributed by atoms with Crippen LogP contribution in [0.1, 0.15) is 11.4 Å². The Morgan fingerprint density at radius 1 is 1.08 bits per heavy atom. The van der Waals surface area contributed by atoms with Crippen molar-refractivity contribution in [2.24, 2.45) is 0 Å². The largest absolute Gasteiger partial charge is 0.310 e. The first-order valence-electron chi connectivity index (χ1n) is 8.29.